The Hall–Kier alpha value is -3.87. The number of thiol groups is 1. The summed E-state index contributed by atoms with van der Waals surface area (Å²) in [6.07, 6.45) is 2.24. The van der Waals surface area contributed by atoms with E-state index in [2.05, 4.69) is 38.6 Å². The summed E-state index contributed by atoms with van der Waals surface area (Å²) in [7, 11) is 0. The summed E-state index contributed by atoms with van der Waals surface area (Å²) in [5.41, 5.74) is 16.5. The monoisotopic (exact) mass is 474 g/mol. The smallest absolute Gasteiger partial charge is 0.252 e. The molecule has 4 amide bonds. The maximum Gasteiger partial charge on any atom is 0.252 e. The first kappa shape index (κ1) is 25.4. The number of hydrogen-bond donors (Lipinski definition) is 7. The third-order valence-electron chi connectivity index (χ3n) is 4.47. The quantitative estimate of drug-likeness (QED) is 0.0876. The van der Waals surface area contributed by atoms with Gasteiger partial charge in [-0.25, -0.2) is 0 Å². The van der Waals surface area contributed by atoms with E-state index in [-0.39, 0.29) is 31.0 Å². The molecule has 12 nitrogen and oxygen atoms in total. The normalized spacial score (nSPS) is 11.3. The second-order valence-electron chi connectivity index (χ2n) is 6.97. The van der Waals surface area contributed by atoms with Crippen molar-refractivity contribution in [1.82, 2.24) is 20.9 Å². The number of primary amides is 1. The van der Waals surface area contributed by atoms with Crippen molar-refractivity contribution in [2.45, 2.75) is 23.8 Å². The van der Waals surface area contributed by atoms with Crippen molar-refractivity contribution < 1.29 is 19.2 Å². The van der Waals surface area contributed by atoms with Crippen molar-refractivity contribution in [3.05, 3.63) is 36.0 Å². The predicted molar refractivity (Wildman–Crippen MR) is 125 cm³/mol. The summed E-state index contributed by atoms with van der Waals surface area (Å²) in [5.74, 6) is -2.52. The van der Waals surface area contributed by atoms with Gasteiger partial charge < -0.3 is 33.2 Å². The van der Waals surface area contributed by atoms with Crippen LogP contribution in [0, 0.1) is 0 Å². The molecule has 1 aromatic carbocycles. The van der Waals surface area contributed by atoms with Gasteiger partial charge in [0.25, 0.3) is 5.91 Å². The maximum atomic E-state index is 12.4. The number of rotatable bonds is 11. The van der Waals surface area contributed by atoms with Crippen molar-refractivity contribution in [1.29, 1.82) is 0 Å². The first-order valence-corrected chi connectivity index (χ1v) is 10.4. The Labute approximate surface area is 195 Å². The molecular formula is C20H26N8O4S. The molecule has 0 aliphatic rings. The number of pyridine rings is 1. The Bertz CT molecular complexity index is 1070. The third-order valence-corrected chi connectivity index (χ3v) is 4.92. The lowest BCUT2D eigenvalue weighted by Crippen LogP contribution is -2.49. The van der Waals surface area contributed by atoms with Crippen molar-refractivity contribution >= 4 is 53.1 Å². The molecule has 0 saturated heterocycles. The Balaban J connectivity index is 1.79. The number of carbonyl (C=O) groups is 4. The summed E-state index contributed by atoms with van der Waals surface area (Å²) in [6, 6.07) is 6.00. The molecule has 0 spiro atoms. The second-order valence-corrected chi connectivity index (χ2v) is 7.41. The largest absolute Gasteiger partial charge is 0.370 e. The van der Waals surface area contributed by atoms with Gasteiger partial charge in [0.1, 0.15) is 6.04 Å². The standard InChI is InChI=1S/C20H26N8O4S/c21-18(31)13(4-2-8-25-20(22)23)28-15(30)10-26-14(29)9-27-19(32)12-6-5-11-3-1-7-24-16(11)17(12)33/h1,3,5-7,13,33H,2,4,8-10H2,(H2,21,31)(H,26,29)(H,27,32)(H,28,30)(H4,22,23,25)/t13-/m0/s1. The molecule has 1 aromatic heterocycles. The molecule has 9 N–H and O–H groups in total. The number of aliphatic imine (C=N–C) groups is 1. The average Bonchev–Trinajstić information content (AvgIpc) is 2.78. The van der Waals surface area contributed by atoms with Crippen LogP contribution >= 0.6 is 12.6 Å². The van der Waals surface area contributed by atoms with Crippen LogP contribution in [0.3, 0.4) is 0 Å². The van der Waals surface area contributed by atoms with E-state index in [9.17, 15) is 19.2 Å². The number of nitrogens with zero attached hydrogens (tertiary/aromatic N) is 2. The fourth-order valence-electron chi connectivity index (χ4n) is 2.84. The molecule has 0 fully saturated rings. The number of benzene rings is 1. The third kappa shape index (κ3) is 7.96. The average molecular weight is 475 g/mol. The second kappa shape index (κ2) is 12.2. The zero-order chi connectivity index (χ0) is 24.4. The Kier molecular flexibility index (Phi) is 9.42. The van der Waals surface area contributed by atoms with Gasteiger partial charge in [-0.2, -0.15) is 0 Å². The van der Waals surface area contributed by atoms with Crippen LogP contribution in [0.25, 0.3) is 10.9 Å². The highest BCUT2D eigenvalue weighted by Gasteiger charge is 2.18. The van der Waals surface area contributed by atoms with Gasteiger partial charge in [-0.3, -0.25) is 29.2 Å². The van der Waals surface area contributed by atoms with E-state index in [0.29, 0.717) is 16.8 Å². The van der Waals surface area contributed by atoms with Crippen LogP contribution < -0.4 is 33.2 Å². The van der Waals surface area contributed by atoms with Crippen molar-refractivity contribution in [3.63, 3.8) is 0 Å². The molecule has 0 radical (unpaired) electrons. The summed E-state index contributed by atoms with van der Waals surface area (Å²) >= 11 is 4.37. The zero-order valence-corrected chi connectivity index (χ0v) is 18.6. The first-order chi connectivity index (χ1) is 15.7. The minimum Gasteiger partial charge on any atom is -0.370 e. The number of guanidine groups is 1. The van der Waals surface area contributed by atoms with Crippen molar-refractivity contribution in [2.24, 2.45) is 22.2 Å². The van der Waals surface area contributed by atoms with E-state index < -0.39 is 36.2 Å². The first-order valence-electron chi connectivity index (χ1n) is 9.94. The van der Waals surface area contributed by atoms with E-state index in [4.69, 9.17) is 17.2 Å². The van der Waals surface area contributed by atoms with E-state index in [1.165, 1.54) is 0 Å². The van der Waals surface area contributed by atoms with Crippen LogP contribution in [0.5, 0.6) is 0 Å². The van der Waals surface area contributed by atoms with Gasteiger partial charge in [0.2, 0.25) is 17.7 Å². The molecule has 176 valence electrons. The number of nitrogens with one attached hydrogen (secondary N) is 3. The molecule has 2 aromatic rings. The topological polar surface area (TPSA) is 208 Å². The summed E-state index contributed by atoms with van der Waals surface area (Å²) < 4.78 is 0. The molecule has 0 bridgehead atoms. The van der Waals surface area contributed by atoms with Crippen LogP contribution in [0.1, 0.15) is 23.2 Å². The highest BCUT2D eigenvalue weighted by atomic mass is 32.1. The van der Waals surface area contributed by atoms with Gasteiger partial charge >= 0.3 is 0 Å². The number of fused-ring (bicyclic) bond motifs is 1. The van der Waals surface area contributed by atoms with Crippen molar-refractivity contribution in [2.75, 3.05) is 19.6 Å². The van der Waals surface area contributed by atoms with Gasteiger partial charge in [0.15, 0.2) is 5.96 Å². The van der Waals surface area contributed by atoms with E-state index in [0.717, 1.165) is 5.39 Å². The van der Waals surface area contributed by atoms with Gasteiger partial charge in [-0.15, -0.1) is 12.6 Å². The van der Waals surface area contributed by atoms with E-state index in [1.807, 2.05) is 6.07 Å². The lowest BCUT2D eigenvalue weighted by Gasteiger charge is -2.15. The molecule has 0 unspecified atom stereocenters. The minimum absolute atomic E-state index is 0.0765. The molecule has 13 heteroatoms. The fourth-order valence-corrected chi connectivity index (χ4v) is 3.21. The summed E-state index contributed by atoms with van der Waals surface area (Å²) in [4.78, 5) is 56.3. The van der Waals surface area contributed by atoms with Crippen LogP contribution in [-0.2, 0) is 14.4 Å². The molecule has 0 aliphatic heterocycles. The Morgan fingerprint density at radius 1 is 1.03 bits per heavy atom. The number of hydrogen-bond acceptors (Lipinski definition) is 7. The van der Waals surface area contributed by atoms with Crippen LogP contribution in [-0.4, -0.2) is 60.2 Å². The molecule has 1 heterocycles. The van der Waals surface area contributed by atoms with Gasteiger partial charge in [0, 0.05) is 23.0 Å². The molecular weight excluding hydrogens is 448 g/mol. The van der Waals surface area contributed by atoms with E-state index >= 15 is 0 Å². The molecule has 1 atom stereocenters. The molecule has 33 heavy (non-hydrogen) atoms. The summed E-state index contributed by atoms with van der Waals surface area (Å²) in [5, 5.41) is 8.08. The van der Waals surface area contributed by atoms with Gasteiger partial charge in [-0.1, -0.05) is 12.1 Å². The lowest BCUT2D eigenvalue weighted by atomic mass is 10.1. The van der Waals surface area contributed by atoms with Crippen molar-refractivity contribution in [3.8, 4) is 0 Å². The molecule has 2 rings (SSSR count). The zero-order valence-electron chi connectivity index (χ0n) is 17.7. The predicted octanol–water partition coefficient (Wildman–Crippen LogP) is -1.61. The fraction of sp³-hybridized carbons (Fsp3) is 0.300. The molecule has 0 aliphatic carbocycles. The van der Waals surface area contributed by atoms with Gasteiger partial charge in [0.05, 0.1) is 24.2 Å². The highest BCUT2D eigenvalue weighted by molar-refractivity contribution is 7.80. The number of aromatic nitrogens is 1. The van der Waals surface area contributed by atoms with E-state index in [1.54, 1.807) is 24.4 Å². The Morgan fingerprint density at radius 2 is 1.76 bits per heavy atom. The lowest BCUT2D eigenvalue weighted by molar-refractivity contribution is -0.128. The maximum absolute atomic E-state index is 12.4. The number of amides is 4. The van der Waals surface area contributed by atoms with Crippen LogP contribution in [0.2, 0.25) is 0 Å². The SMILES string of the molecule is NC(=O)[C@H](CCCN=C(N)N)NC(=O)CNC(=O)CNC(=O)c1ccc2cccnc2c1S. The summed E-state index contributed by atoms with van der Waals surface area (Å²) in [6.45, 7) is -0.485. The van der Waals surface area contributed by atoms with Crippen LogP contribution in [0.4, 0.5) is 0 Å². The Morgan fingerprint density at radius 3 is 2.45 bits per heavy atom. The minimum atomic E-state index is -0.932. The number of carbonyl (C=O) groups excluding carboxylic acids is 4. The van der Waals surface area contributed by atoms with Gasteiger partial charge in [-0.05, 0) is 25.0 Å². The van der Waals surface area contributed by atoms with Crippen LogP contribution in [0.15, 0.2) is 40.4 Å². The highest BCUT2D eigenvalue weighted by Crippen LogP contribution is 2.23. The number of nitrogens with two attached hydrogens (primary N) is 3. The molecule has 0 saturated carbocycles.